The van der Waals surface area contributed by atoms with E-state index in [-0.39, 0.29) is 5.43 Å². The molecule has 0 aliphatic heterocycles. The van der Waals surface area contributed by atoms with Crippen LogP contribution in [0.5, 0.6) is 0 Å². The predicted molar refractivity (Wildman–Crippen MR) is 126 cm³/mol. The minimum atomic E-state index is -0.464. The molecule has 1 aromatic heterocycles. The molecule has 0 unspecified atom stereocenters. The zero-order valence-electron chi connectivity index (χ0n) is 18.9. The molecule has 0 fully saturated rings. The Labute approximate surface area is 180 Å². The molecule has 0 spiro atoms. The van der Waals surface area contributed by atoms with Crippen molar-refractivity contribution in [1.29, 1.82) is 0 Å². The molecule has 1 atom stereocenters. The fourth-order valence-electron chi connectivity index (χ4n) is 4.20. The molecule has 0 saturated carbocycles. The molecule has 2 aromatic carbocycles. The van der Waals surface area contributed by atoms with Gasteiger partial charge < -0.3 is 14.6 Å². The molecular weight excluding hydrogens is 372 g/mol. The lowest BCUT2D eigenvalue weighted by molar-refractivity contribution is -0.904. The van der Waals surface area contributed by atoms with Crippen LogP contribution in [-0.4, -0.2) is 35.4 Å². The van der Waals surface area contributed by atoms with Crippen LogP contribution in [0.3, 0.4) is 0 Å². The zero-order valence-corrected chi connectivity index (χ0v) is 18.9. The molecule has 162 valence electrons. The second-order valence-electron chi connectivity index (χ2n) is 9.45. The second kappa shape index (κ2) is 10.2. The number of benzene rings is 2. The van der Waals surface area contributed by atoms with E-state index < -0.39 is 6.10 Å². The van der Waals surface area contributed by atoms with Crippen LogP contribution in [-0.2, 0) is 6.54 Å². The van der Waals surface area contributed by atoms with Crippen LogP contribution in [0.25, 0.3) is 21.8 Å². The maximum Gasteiger partial charge on any atom is 0.197 e. The Balaban J connectivity index is 1.88. The first kappa shape index (κ1) is 22.5. The van der Waals surface area contributed by atoms with E-state index in [0.717, 1.165) is 30.7 Å². The fourth-order valence-corrected chi connectivity index (χ4v) is 4.20. The Morgan fingerprint density at radius 1 is 0.833 bits per heavy atom. The third-order valence-electron chi connectivity index (χ3n) is 5.95. The smallest absolute Gasteiger partial charge is 0.197 e. The standard InChI is InChI=1S/C26H36N2O2/c1-19(2)13-15-27(16-14-20(3)4)17-21(29)18-28-24-11-7-5-9-22(24)26(30)23-10-6-8-12-25(23)28/h5-12,19-21,29H,13-18H2,1-4H3/p+1/t21-/m0/s1. The highest BCUT2D eigenvalue weighted by atomic mass is 16.3. The predicted octanol–water partition coefficient (Wildman–Crippen LogP) is 3.49. The van der Waals surface area contributed by atoms with Gasteiger partial charge in [-0.3, -0.25) is 4.79 Å². The molecule has 4 heteroatoms. The van der Waals surface area contributed by atoms with Gasteiger partial charge in [-0.05, 0) is 48.9 Å². The first-order valence-electron chi connectivity index (χ1n) is 11.4. The summed E-state index contributed by atoms with van der Waals surface area (Å²) in [7, 11) is 0. The van der Waals surface area contributed by atoms with Gasteiger partial charge in [0.1, 0.15) is 12.6 Å². The van der Waals surface area contributed by atoms with Crippen molar-refractivity contribution < 1.29 is 10.0 Å². The highest BCUT2D eigenvalue weighted by molar-refractivity contribution is 5.93. The van der Waals surface area contributed by atoms with Crippen molar-refractivity contribution in [2.45, 2.75) is 53.2 Å². The van der Waals surface area contributed by atoms with Crippen LogP contribution in [0.4, 0.5) is 0 Å². The van der Waals surface area contributed by atoms with Gasteiger partial charge in [-0.25, -0.2) is 0 Å². The lowest BCUT2D eigenvalue weighted by Gasteiger charge is -2.25. The van der Waals surface area contributed by atoms with Crippen LogP contribution in [0.15, 0.2) is 53.3 Å². The molecule has 0 aliphatic rings. The molecule has 4 nitrogen and oxygen atoms in total. The number of fused-ring (bicyclic) bond motifs is 2. The minimum Gasteiger partial charge on any atom is -0.385 e. The zero-order chi connectivity index (χ0) is 21.7. The summed E-state index contributed by atoms with van der Waals surface area (Å²) in [6, 6.07) is 15.5. The number of hydrogen-bond donors (Lipinski definition) is 2. The minimum absolute atomic E-state index is 0.0630. The third kappa shape index (κ3) is 5.50. The molecule has 0 saturated heterocycles. The lowest BCUT2D eigenvalue weighted by Crippen LogP contribution is -3.13. The molecule has 3 aromatic rings. The number of rotatable bonds is 10. The SMILES string of the molecule is CC(C)CC[NH+](CCC(C)C)C[C@H](O)Cn1c2ccccc2c(=O)c2ccccc21. The Morgan fingerprint density at radius 3 is 1.77 bits per heavy atom. The van der Waals surface area contributed by atoms with Gasteiger partial charge in [-0.2, -0.15) is 0 Å². The molecule has 3 rings (SSSR count). The molecule has 0 radical (unpaired) electrons. The van der Waals surface area contributed by atoms with Crippen molar-refractivity contribution in [2.24, 2.45) is 11.8 Å². The molecule has 1 heterocycles. The Bertz CT molecular complexity index is 950. The van der Waals surface area contributed by atoms with Crippen molar-refractivity contribution in [3.8, 4) is 0 Å². The summed E-state index contributed by atoms with van der Waals surface area (Å²) in [6.45, 7) is 12.4. The van der Waals surface area contributed by atoms with Gasteiger partial charge >= 0.3 is 0 Å². The second-order valence-corrected chi connectivity index (χ2v) is 9.45. The van der Waals surface area contributed by atoms with E-state index in [1.165, 1.54) is 17.7 Å². The van der Waals surface area contributed by atoms with Crippen LogP contribution >= 0.6 is 0 Å². The number of aliphatic hydroxyl groups excluding tert-OH is 1. The Hall–Kier alpha value is -2.17. The van der Waals surface area contributed by atoms with Gasteiger partial charge in [-0.15, -0.1) is 0 Å². The third-order valence-corrected chi connectivity index (χ3v) is 5.95. The van der Waals surface area contributed by atoms with Gasteiger partial charge in [0.2, 0.25) is 0 Å². The largest absolute Gasteiger partial charge is 0.385 e. The Kier molecular flexibility index (Phi) is 7.68. The van der Waals surface area contributed by atoms with E-state index in [1.54, 1.807) is 0 Å². The summed E-state index contributed by atoms with van der Waals surface area (Å²) >= 11 is 0. The van der Waals surface area contributed by atoms with Gasteiger partial charge in [0.15, 0.2) is 5.43 Å². The fraction of sp³-hybridized carbons (Fsp3) is 0.500. The highest BCUT2D eigenvalue weighted by Crippen LogP contribution is 2.19. The summed E-state index contributed by atoms with van der Waals surface area (Å²) in [5.74, 6) is 1.34. The number of aliphatic hydroxyl groups is 1. The lowest BCUT2D eigenvalue weighted by atomic mass is 10.1. The van der Waals surface area contributed by atoms with Crippen molar-refractivity contribution >= 4 is 21.8 Å². The number of para-hydroxylation sites is 2. The monoisotopic (exact) mass is 409 g/mol. The van der Waals surface area contributed by atoms with Gasteiger partial charge in [-0.1, -0.05) is 52.0 Å². The van der Waals surface area contributed by atoms with Crippen LogP contribution < -0.4 is 10.3 Å². The summed E-state index contributed by atoms with van der Waals surface area (Å²) in [5, 5.41) is 12.5. The number of hydrogen-bond acceptors (Lipinski definition) is 2. The number of aromatic nitrogens is 1. The van der Waals surface area contributed by atoms with E-state index in [0.29, 0.717) is 29.2 Å². The van der Waals surface area contributed by atoms with E-state index in [2.05, 4.69) is 32.3 Å². The molecule has 0 bridgehead atoms. The maximum atomic E-state index is 12.9. The summed E-state index contributed by atoms with van der Waals surface area (Å²) in [6.07, 6.45) is 1.88. The van der Waals surface area contributed by atoms with Crippen molar-refractivity contribution in [2.75, 3.05) is 19.6 Å². The van der Waals surface area contributed by atoms with Crippen LogP contribution in [0.2, 0.25) is 0 Å². The highest BCUT2D eigenvalue weighted by Gasteiger charge is 2.19. The first-order valence-corrected chi connectivity index (χ1v) is 11.4. The molecule has 30 heavy (non-hydrogen) atoms. The van der Waals surface area contributed by atoms with Crippen molar-refractivity contribution in [3.05, 3.63) is 58.8 Å². The van der Waals surface area contributed by atoms with Gasteiger partial charge in [0.25, 0.3) is 0 Å². The van der Waals surface area contributed by atoms with Crippen LogP contribution in [0, 0.1) is 11.8 Å². The normalized spacial score (nSPS) is 13.2. The number of pyridine rings is 1. The molecule has 0 amide bonds. The molecule has 2 N–H and O–H groups in total. The number of nitrogens with zero attached hydrogens (tertiary/aromatic N) is 1. The maximum absolute atomic E-state index is 12.9. The van der Waals surface area contributed by atoms with Crippen molar-refractivity contribution in [3.63, 3.8) is 0 Å². The van der Waals surface area contributed by atoms with E-state index in [9.17, 15) is 9.90 Å². The summed E-state index contributed by atoms with van der Waals surface area (Å²) < 4.78 is 2.12. The molecule has 0 aliphatic carbocycles. The van der Waals surface area contributed by atoms with Crippen LogP contribution in [0.1, 0.15) is 40.5 Å². The summed E-state index contributed by atoms with van der Waals surface area (Å²) in [4.78, 5) is 14.4. The van der Waals surface area contributed by atoms with E-state index in [1.807, 2.05) is 48.5 Å². The number of quaternary nitrogens is 1. The van der Waals surface area contributed by atoms with E-state index in [4.69, 9.17) is 0 Å². The summed E-state index contributed by atoms with van der Waals surface area (Å²) in [5.41, 5.74) is 1.85. The van der Waals surface area contributed by atoms with Gasteiger partial charge in [0.05, 0.1) is 30.7 Å². The van der Waals surface area contributed by atoms with Crippen molar-refractivity contribution in [1.82, 2.24) is 4.57 Å². The molecular formula is C26H37N2O2+. The topological polar surface area (TPSA) is 46.7 Å². The quantitative estimate of drug-likeness (QED) is 0.504. The average Bonchev–Trinajstić information content (AvgIpc) is 2.73. The average molecular weight is 410 g/mol. The first-order chi connectivity index (χ1) is 14.4. The Morgan fingerprint density at radius 2 is 1.30 bits per heavy atom. The number of nitrogens with one attached hydrogen (secondary N) is 1. The van der Waals surface area contributed by atoms with Gasteiger partial charge in [0, 0.05) is 10.8 Å². The van der Waals surface area contributed by atoms with E-state index >= 15 is 0 Å².